The molecule has 5 nitrogen and oxygen atoms in total. The molecule has 1 saturated carbocycles. The van der Waals surface area contributed by atoms with Crippen LogP contribution in [0.5, 0.6) is 0 Å². The van der Waals surface area contributed by atoms with Crippen molar-refractivity contribution in [1.82, 2.24) is 20.0 Å². The van der Waals surface area contributed by atoms with Gasteiger partial charge >= 0.3 is 0 Å². The Labute approximate surface area is 133 Å². The average Bonchev–Trinajstić information content (AvgIpc) is 3.23. The molecule has 0 radical (unpaired) electrons. The van der Waals surface area contributed by atoms with Crippen molar-refractivity contribution in [3.05, 3.63) is 18.0 Å². The van der Waals surface area contributed by atoms with Gasteiger partial charge in [0.15, 0.2) is 5.96 Å². The van der Waals surface area contributed by atoms with Crippen LogP contribution in [0.1, 0.15) is 44.1 Å². The number of aryl methyl sites for hydroxylation is 2. The number of hydrogen-bond acceptors (Lipinski definition) is 2. The van der Waals surface area contributed by atoms with Crippen LogP contribution in [-0.2, 0) is 13.5 Å². The fraction of sp³-hybridized carbons (Fsp3) is 0.765. The summed E-state index contributed by atoms with van der Waals surface area (Å²) in [5.41, 5.74) is 1.92. The SMILES string of the molecule is CN=C(NCCCc1cnn(C)c1)N1CCC2(CCCC2)C1. The minimum atomic E-state index is 0.604. The standard InChI is InChI=1S/C17H29N5/c1-18-16(19-10-5-6-15-12-20-21(2)13-15)22-11-9-17(14-22)7-3-4-8-17/h12-13H,3-11,14H2,1-2H3,(H,18,19). The molecule has 1 aromatic heterocycles. The topological polar surface area (TPSA) is 45.5 Å². The van der Waals surface area contributed by atoms with Crippen molar-refractivity contribution < 1.29 is 0 Å². The summed E-state index contributed by atoms with van der Waals surface area (Å²) in [5.74, 6) is 1.09. The molecule has 1 saturated heterocycles. The molecule has 3 rings (SSSR count). The Morgan fingerprint density at radius 3 is 2.86 bits per heavy atom. The van der Waals surface area contributed by atoms with Crippen molar-refractivity contribution in [3.63, 3.8) is 0 Å². The molecule has 0 bridgehead atoms. The summed E-state index contributed by atoms with van der Waals surface area (Å²) in [4.78, 5) is 6.96. The van der Waals surface area contributed by atoms with E-state index in [9.17, 15) is 0 Å². The van der Waals surface area contributed by atoms with Crippen molar-refractivity contribution in [2.45, 2.75) is 44.9 Å². The molecule has 0 atom stereocenters. The zero-order valence-corrected chi connectivity index (χ0v) is 14.0. The number of aliphatic imine (C=N–C) groups is 1. The van der Waals surface area contributed by atoms with Crippen LogP contribution in [0.15, 0.2) is 17.4 Å². The minimum absolute atomic E-state index is 0.604. The predicted molar refractivity (Wildman–Crippen MR) is 90.0 cm³/mol. The summed E-state index contributed by atoms with van der Waals surface area (Å²) in [7, 11) is 3.87. The lowest BCUT2D eigenvalue weighted by molar-refractivity contribution is 0.309. The highest BCUT2D eigenvalue weighted by Gasteiger charge is 2.40. The molecule has 122 valence electrons. The van der Waals surface area contributed by atoms with Gasteiger partial charge in [0.2, 0.25) is 0 Å². The maximum Gasteiger partial charge on any atom is 0.193 e. The molecule has 1 N–H and O–H groups in total. The van der Waals surface area contributed by atoms with E-state index in [1.165, 1.54) is 50.8 Å². The first-order valence-corrected chi connectivity index (χ1v) is 8.64. The lowest BCUT2D eigenvalue weighted by atomic mass is 9.86. The van der Waals surface area contributed by atoms with E-state index < -0.39 is 0 Å². The van der Waals surface area contributed by atoms with Crippen LogP contribution in [0.4, 0.5) is 0 Å². The Morgan fingerprint density at radius 1 is 1.36 bits per heavy atom. The molecule has 0 amide bonds. The molecule has 2 heterocycles. The van der Waals surface area contributed by atoms with Gasteiger partial charge < -0.3 is 10.2 Å². The van der Waals surface area contributed by atoms with Gasteiger partial charge in [0.05, 0.1) is 6.20 Å². The van der Waals surface area contributed by atoms with Crippen LogP contribution in [0.2, 0.25) is 0 Å². The number of nitrogens with zero attached hydrogens (tertiary/aromatic N) is 4. The summed E-state index contributed by atoms with van der Waals surface area (Å²) in [5, 5.41) is 7.76. The van der Waals surface area contributed by atoms with Crippen LogP contribution in [0.25, 0.3) is 0 Å². The molecule has 1 aromatic rings. The number of rotatable bonds is 4. The van der Waals surface area contributed by atoms with E-state index in [0.29, 0.717) is 5.41 Å². The van der Waals surface area contributed by atoms with Gasteiger partial charge in [-0.05, 0) is 43.1 Å². The van der Waals surface area contributed by atoms with Gasteiger partial charge in [0, 0.05) is 39.9 Å². The summed E-state index contributed by atoms with van der Waals surface area (Å²) in [6.07, 6.45) is 13.3. The normalized spacial score (nSPS) is 21.0. The highest BCUT2D eigenvalue weighted by atomic mass is 15.3. The Kier molecular flexibility index (Phi) is 4.69. The zero-order chi connectivity index (χ0) is 15.4. The van der Waals surface area contributed by atoms with Gasteiger partial charge in [-0.3, -0.25) is 9.67 Å². The van der Waals surface area contributed by atoms with E-state index in [2.05, 4.69) is 26.5 Å². The van der Waals surface area contributed by atoms with E-state index in [1.54, 1.807) is 0 Å². The van der Waals surface area contributed by atoms with Crippen molar-refractivity contribution in [2.24, 2.45) is 17.5 Å². The van der Waals surface area contributed by atoms with Gasteiger partial charge in [-0.25, -0.2) is 0 Å². The van der Waals surface area contributed by atoms with Crippen LogP contribution in [0, 0.1) is 5.41 Å². The first-order chi connectivity index (χ1) is 10.7. The molecule has 2 fully saturated rings. The van der Waals surface area contributed by atoms with Crippen LogP contribution in [-0.4, -0.2) is 47.3 Å². The first-order valence-electron chi connectivity index (χ1n) is 8.64. The second-order valence-electron chi connectivity index (χ2n) is 6.98. The molecule has 1 aliphatic heterocycles. The zero-order valence-electron chi connectivity index (χ0n) is 14.0. The third-order valence-electron chi connectivity index (χ3n) is 5.30. The molecule has 0 aromatic carbocycles. The summed E-state index contributed by atoms with van der Waals surface area (Å²) < 4.78 is 1.87. The number of nitrogens with one attached hydrogen (secondary N) is 1. The highest BCUT2D eigenvalue weighted by Crippen LogP contribution is 2.45. The summed E-state index contributed by atoms with van der Waals surface area (Å²) in [6, 6.07) is 0. The number of guanidine groups is 1. The van der Waals surface area contributed by atoms with E-state index in [0.717, 1.165) is 25.3 Å². The Bertz CT molecular complexity index is 513. The Morgan fingerprint density at radius 2 is 2.18 bits per heavy atom. The van der Waals surface area contributed by atoms with E-state index in [1.807, 2.05) is 25.0 Å². The van der Waals surface area contributed by atoms with Crippen molar-refractivity contribution in [1.29, 1.82) is 0 Å². The third kappa shape index (κ3) is 3.45. The largest absolute Gasteiger partial charge is 0.356 e. The fourth-order valence-electron chi connectivity index (χ4n) is 4.07. The van der Waals surface area contributed by atoms with Crippen molar-refractivity contribution in [2.75, 3.05) is 26.7 Å². The van der Waals surface area contributed by atoms with E-state index >= 15 is 0 Å². The third-order valence-corrected chi connectivity index (χ3v) is 5.30. The minimum Gasteiger partial charge on any atom is -0.356 e. The van der Waals surface area contributed by atoms with Crippen molar-refractivity contribution in [3.8, 4) is 0 Å². The second kappa shape index (κ2) is 6.71. The fourth-order valence-corrected chi connectivity index (χ4v) is 4.07. The van der Waals surface area contributed by atoms with Gasteiger partial charge in [0.25, 0.3) is 0 Å². The molecular formula is C17H29N5. The second-order valence-corrected chi connectivity index (χ2v) is 6.98. The lowest BCUT2D eigenvalue weighted by Gasteiger charge is -2.25. The predicted octanol–water partition coefficient (Wildman–Crippen LogP) is 2.19. The quantitative estimate of drug-likeness (QED) is 0.527. The molecule has 5 heteroatoms. The average molecular weight is 303 g/mol. The van der Waals surface area contributed by atoms with E-state index in [-0.39, 0.29) is 0 Å². The highest BCUT2D eigenvalue weighted by molar-refractivity contribution is 5.80. The van der Waals surface area contributed by atoms with Gasteiger partial charge in [-0.2, -0.15) is 5.10 Å². The summed E-state index contributed by atoms with van der Waals surface area (Å²) in [6.45, 7) is 3.35. The Balaban J connectivity index is 1.42. The summed E-state index contributed by atoms with van der Waals surface area (Å²) >= 11 is 0. The van der Waals surface area contributed by atoms with Crippen molar-refractivity contribution >= 4 is 5.96 Å². The van der Waals surface area contributed by atoms with Gasteiger partial charge in [0.1, 0.15) is 0 Å². The first kappa shape index (κ1) is 15.4. The van der Waals surface area contributed by atoms with E-state index in [4.69, 9.17) is 0 Å². The maximum absolute atomic E-state index is 4.49. The molecule has 1 spiro atoms. The monoisotopic (exact) mass is 303 g/mol. The smallest absolute Gasteiger partial charge is 0.193 e. The van der Waals surface area contributed by atoms with Gasteiger partial charge in [-0.15, -0.1) is 0 Å². The van der Waals surface area contributed by atoms with Crippen LogP contribution >= 0.6 is 0 Å². The Hall–Kier alpha value is -1.52. The lowest BCUT2D eigenvalue weighted by Crippen LogP contribution is -2.41. The van der Waals surface area contributed by atoms with Crippen LogP contribution < -0.4 is 5.32 Å². The van der Waals surface area contributed by atoms with Gasteiger partial charge in [-0.1, -0.05) is 12.8 Å². The molecular weight excluding hydrogens is 274 g/mol. The molecule has 1 aliphatic carbocycles. The molecule has 2 aliphatic rings. The number of likely N-dealkylation sites (tertiary alicyclic amines) is 1. The molecule has 0 unspecified atom stereocenters. The number of hydrogen-bond donors (Lipinski definition) is 1. The van der Waals surface area contributed by atoms with Crippen LogP contribution in [0.3, 0.4) is 0 Å². The maximum atomic E-state index is 4.49. The number of aromatic nitrogens is 2. The molecule has 22 heavy (non-hydrogen) atoms.